The van der Waals surface area contributed by atoms with Gasteiger partial charge in [0.2, 0.25) is 0 Å². The molecule has 1 fully saturated rings. The number of nitrogens with one attached hydrogen (secondary N) is 1. The van der Waals surface area contributed by atoms with E-state index in [4.69, 9.17) is 4.74 Å². The Kier molecular flexibility index (Phi) is 9.53. The highest BCUT2D eigenvalue weighted by Gasteiger charge is 2.27. The molecule has 22 heavy (non-hydrogen) atoms. The second-order valence-corrected chi connectivity index (χ2v) is 5.36. The highest BCUT2D eigenvalue weighted by atomic mass is 35.5. The Morgan fingerprint density at radius 3 is 2.55 bits per heavy atom. The molecule has 0 saturated carbocycles. The lowest BCUT2D eigenvalue weighted by molar-refractivity contribution is 0.167. The molecule has 4 nitrogen and oxygen atoms in total. The van der Waals surface area contributed by atoms with Gasteiger partial charge in [-0.2, -0.15) is 0 Å². The van der Waals surface area contributed by atoms with Crippen molar-refractivity contribution in [3.05, 3.63) is 35.9 Å². The van der Waals surface area contributed by atoms with Crippen LogP contribution in [-0.4, -0.2) is 43.3 Å². The van der Waals surface area contributed by atoms with Gasteiger partial charge in [-0.15, -0.1) is 31.4 Å². The van der Waals surface area contributed by atoms with Crippen molar-refractivity contribution < 1.29 is 9.84 Å². The predicted octanol–water partition coefficient (Wildman–Crippen LogP) is 3.16. The maximum atomic E-state index is 10.3. The summed E-state index contributed by atoms with van der Waals surface area (Å²) >= 11 is 0. The number of nitrogens with zero attached hydrogens (tertiary/aromatic N) is 1. The first-order valence-electron chi connectivity index (χ1n) is 7.08. The molecule has 6 heteroatoms. The van der Waals surface area contributed by atoms with Crippen molar-refractivity contribution >= 4 is 24.8 Å². The van der Waals surface area contributed by atoms with Crippen LogP contribution < -0.4 is 10.1 Å². The maximum Gasteiger partial charge on any atom is 0.127 e. The zero-order chi connectivity index (χ0) is 14.5. The number of piperazine rings is 1. The fraction of sp³-hybridized carbons (Fsp3) is 0.500. The van der Waals surface area contributed by atoms with Gasteiger partial charge in [0.05, 0.1) is 12.7 Å². The molecule has 1 heterocycles. The molecule has 0 radical (unpaired) electrons. The number of methoxy groups -OCH3 is 1. The van der Waals surface area contributed by atoms with Crippen LogP contribution in [0, 0.1) is 0 Å². The van der Waals surface area contributed by atoms with Crippen LogP contribution in [0.5, 0.6) is 11.5 Å². The largest absolute Gasteiger partial charge is 0.507 e. The number of phenols is 1. The van der Waals surface area contributed by atoms with Crippen molar-refractivity contribution in [3.63, 3.8) is 0 Å². The summed E-state index contributed by atoms with van der Waals surface area (Å²) in [7, 11) is 1.65. The Bertz CT molecular complexity index is 477. The van der Waals surface area contributed by atoms with E-state index in [-0.39, 0.29) is 30.9 Å². The Labute approximate surface area is 145 Å². The third kappa shape index (κ3) is 5.06. The summed E-state index contributed by atoms with van der Waals surface area (Å²) in [4.78, 5) is 2.39. The van der Waals surface area contributed by atoms with Crippen LogP contribution in [0.25, 0.3) is 0 Å². The van der Waals surface area contributed by atoms with Gasteiger partial charge < -0.3 is 15.2 Å². The Morgan fingerprint density at radius 1 is 1.36 bits per heavy atom. The van der Waals surface area contributed by atoms with Crippen LogP contribution in [0.15, 0.2) is 30.4 Å². The van der Waals surface area contributed by atoms with Gasteiger partial charge in [0, 0.05) is 32.2 Å². The van der Waals surface area contributed by atoms with E-state index in [1.807, 2.05) is 19.1 Å². The Morgan fingerprint density at radius 2 is 2.00 bits per heavy atom. The van der Waals surface area contributed by atoms with Crippen molar-refractivity contribution in [1.82, 2.24) is 10.2 Å². The van der Waals surface area contributed by atoms with E-state index in [1.54, 1.807) is 13.2 Å². The zero-order valence-electron chi connectivity index (χ0n) is 13.2. The number of aromatic hydroxyl groups is 1. The van der Waals surface area contributed by atoms with Gasteiger partial charge in [-0.3, -0.25) is 4.90 Å². The smallest absolute Gasteiger partial charge is 0.127 e. The molecule has 0 spiro atoms. The molecule has 0 unspecified atom stereocenters. The lowest BCUT2D eigenvalue weighted by Crippen LogP contribution is -2.45. The number of hydrogen-bond acceptors (Lipinski definition) is 4. The predicted molar refractivity (Wildman–Crippen MR) is 95.8 cm³/mol. The molecule has 1 atom stereocenters. The van der Waals surface area contributed by atoms with Crippen molar-refractivity contribution in [2.45, 2.75) is 19.4 Å². The van der Waals surface area contributed by atoms with Gasteiger partial charge in [-0.1, -0.05) is 11.6 Å². The van der Waals surface area contributed by atoms with Crippen LogP contribution in [0.3, 0.4) is 0 Å². The summed E-state index contributed by atoms with van der Waals surface area (Å²) in [5.41, 5.74) is 1.98. The molecule has 1 aromatic carbocycles. The second-order valence-electron chi connectivity index (χ2n) is 5.36. The Balaban J connectivity index is 0.00000220. The average Bonchev–Trinajstić information content (AvgIpc) is 2.45. The number of benzene rings is 1. The minimum absolute atomic E-state index is 0. The summed E-state index contributed by atoms with van der Waals surface area (Å²) in [5.74, 6) is 1.05. The topological polar surface area (TPSA) is 44.7 Å². The second kappa shape index (κ2) is 9.95. The SMILES string of the molecule is C=C(C)C[C@H](c1c(O)cccc1OC)N1CCNCC1.Cl.Cl. The van der Waals surface area contributed by atoms with Crippen molar-refractivity contribution in [3.8, 4) is 11.5 Å². The molecule has 0 aromatic heterocycles. The number of ether oxygens (including phenoxy) is 1. The minimum Gasteiger partial charge on any atom is -0.507 e. The fourth-order valence-electron chi connectivity index (χ4n) is 2.78. The van der Waals surface area contributed by atoms with Crippen LogP contribution in [0.4, 0.5) is 0 Å². The summed E-state index contributed by atoms with van der Waals surface area (Å²) < 4.78 is 5.45. The van der Waals surface area contributed by atoms with E-state index in [9.17, 15) is 5.11 Å². The van der Waals surface area contributed by atoms with Crippen LogP contribution in [0.1, 0.15) is 24.9 Å². The third-order valence-corrected chi connectivity index (χ3v) is 3.73. The molecule has 1 aliphatic heterocycles. The van der Waals surface area contributed by atoms with Crippen molar-refractivity contribution in [2.75, 3.05) is 33.3 Å². The van der Waals surface area contributed by atoms with Crippen molar-refractivity contribution in [1.29, 1.82) is 0 Å². The van der Waals surface area contributed by atoms with E-state index < -0.39 is 0 Å². The maximum absolute atomic E-state index is 10.3. The number of rotatable bonds is 5. The Hall–Kier alpha value is -0.940. The van der Waals surface area contributed by atoms with Gasteiger partial charge in [0.15, 0.2) is 0 Å². The van der Waals surface area contributed by atoms with E-state index in [1.165, 1.54) is 0 Å². The normalized spacial score (nSPS) is 16.1. The lowest BCUT2D eigenvalue weighted by Gasteiger charge is -2.36. The minimum atomic E-state index is 0. The van der Waals surface area contributed by atoms with Crippen LogP contribution in [-0.2, 0) is 0 Å². The lowest BCUT2D eigenvalue weighted by atomic mass is 9.96. The van der Waals surface area contributed by atoms with Gasteiger partial charge >= 0.3 is 0 Å². The van der Waals surface area contributed by atoms with E-state index in [0.29, 0.717) is 5.75 Å². The van der Waals surface area contributed by atoms with Gasteiger partial charge in [0.1, 0.15) is 11.5 Å². The highest BCUT2D eigenvalue weighted by Crippen LogP contribution is 2.39. The molecule has 1 aliphatic rings. The monoisotopic (exact) mass is 348 g/mol. The van der Waals surface area contributed by atoms with E-state index >= 15 is 0 Å². The molecule has 2 N–H and O–H groups in total. The molecular weight excluding hydrogens is 323 g/mol. The summed E-state index contributed by atoms with van der Waals surface area (Å²) in [6.07, 6.45) is 0.827. The van der Waals surface area contributed by atoms with Gasteiger partial charge in [-0.25, -0.2) is 0 Å². The summed E-state index contributed by atoms with van der Waals surface area (Å²) in [6.45, 7) is 9.95. The molecule has 1 saturated heterocycles. The van der Waals surface area contributed by atoms with Crippen LogP contribution >= 0.6 is 24.8 Å². The first-order chi connectivity index (χ1) is 9.63. The molecule has 0 amide bonds. The van der Waals surface area contributed by atoms with Gasteiger partial charge in [0.25, 0.3) is 0 Å². The number of phenolic OH excluding ortho intramolecular Hbond substituents is 1. The third-order valence-electron chi connectivity index (χ3n) is 3.73. The van der Waals surface area contributed by atoms with Crippen LogP contribution in [0.2, 0.25) is 0 Å². The number of halogens is 2. The van der Waals surface area contributed by atoms with Crippen molar-refractivity contribution in [2.24, 2.45) is 0 Å². The molecule has 1 aromatic rings. The standard InChI is InChI=1S/C16H24N2O2.2ClH/c1-12(2)11-13(18-9-7-17-8-10-18)16-14(19)5-4-6-15(16)20-3;;/h4-6,13,17,19H,1,7-11H2,2-3H3;2*1H/t13-;;/m1../s1. The molecule has 126 valence electrons. The molecular formula is C16H26Cl2N2O2. The molecule has 0 bridgehead atoms. The first kappa shape index (κ1) is 21.1. The molecule has 2 rings (SSSR count). The van der Waals surface area contributed by atoms with Gasteiger partial charge in [-0.05, 0) is 25.5 Å². The summed E-state index contributed by atoms with van der Waals surface area (Å²) in [6, 6.07) is 5.56. The first-order valence-corrected chi connectivity index (χ1v) is 7.08. The number of hydrogen-bond donors (Lipinski definition) is 2. The van der Waals surface area contributed by atoms with E-state index in [2.05, 4.69) is 16.8 Å². The quantitative estimate of drug-likeness (QED) is 0.802. The zero-order valence-corrected chi connectivity index (χ0v) is 14.8. The van der Waals surface area contributed by atoms with E-state index in [0.717, 1.165) is 49.5 Å². The highest BCUT2D eigenvalue weighted by molar-refractivity contribution is 5.85. The fourth-order valence-corrected chi connectivity index (χ4v) is 2.78. The average molecular weight is 349 g/mol. The summed E-state index contributed by atoms with van der Waals surface area (Å²) in [5, 5.41) is 13.6. The molecule has 0 aliphatic carbocycles.